The quantitative estimate of drug-likeness (QED) is 0.624. The molecule has 3 aromatic heterocycles. The molecule has 0 amide bonds. The van der Waals surface area contributed by atoms with Crippen LogP contribution in [-0.4, -0.2) is 24.7 Å². The van der Waals surface area contributed by atoms with Crippen molar-refractivity contribution in [1.29, 1.82) is 0 Å². The summed E-state index contributed by atoms with van der Waals surface area (Å²) in [5.41, 5.74) is 1.91. The van der Waals surface area contributed by atoms with Gasteiger partial charge in [-0.2, -0.15) is 4.98 Å². The van der Waals surface area contributed by atoms with E-state index in [1.54, 1.807) is 0 Å². The van der Waals surface area contributed by atoms with Gasteiger partial charge in [-0.3, -0.25) is 9.36 Å². The van der Waals surface area contributed by atoms with Crippen LogP contribution in [0, 0.1) is 0 Å². The van der Waals surface area contributed by atoms with Crippen molar-refractivity contribution >= 4 is 21.9 Å². The zero-order valence-electron chi connectivity index (χ0n) is 12.6. The first kappa shape index (κ1) is 13.7. The average Bonchev–Trinajstić information content (AvgIpc) is 3.15. The Labute approximate surface area is 131 Å². The molecule has 0 aliphatic carbocycles. The molecule has 116 valence electrons. The number of rotatable bonds is 4. The molecular formula is C16H15N5O2. The number of hydrogen-bond acceptors (Lipinski definition) is 5. The monoisotopic (exact) mass is 309 g/mol. The van der Waals surface area contributed by atoms with Gasteiger partial charge in [0.2, 0.25) is 5.89 Å². The second kappa shape index (κ2) is 5.35. The van der Waals surface area contributed by atoms with Gasteiger partial charge in [-0.15, -0.1) is 0 Å². The van der Waals surface area contributed by atoms with Gasteiger partial charge in [0.1, 0.15) is 17.6 Å². The van der Waals surface area contributed by atoms with E-state index in [-0.39, 0.29) is 12.1 Å². The summed E-state index contributed by atoms with van der Waals surface area (Å²) in [7, 11) is 0. The second-order valence-corrected chi connectivity index (χ2v) is 5.43. The Balaban J connectivity index is 1.76. The number of para-hydroxylation sites is 1. The summed E-state index contributed by atoms with van der Waals surface area (Å²) in [5, 5.41) is 4.84. The Morgan fingerprint density at radius 1 is 1.30 bits per heavy atom. The van der Waals surface area contributed by atoms with Crippen LogP contribution >= 0.6 is 0 Å². The highest BCUT2D eigenvalue weighted by Gasteiger charge is 2.13. The molecule has 7 nitrogen and oxygen atoms in total. The maximum Gasteiger partial charge on any atom is 0.278 e. The lowest BCUT2D eigenvalue weighted by Gasteiger charge is -2.00. The molecule has 4 aromatic rings. The van der Waals surface area contributed by atoms with Crippen LogP contribution in [0.3, 0.4) is 0 Å². The van der Waals surface area contributed by atoms with Crippen molar-refractivity contribution in [1.82, 2.24) is 24.7 Å². The summed E-state index contributed by atoms with van der Waals surface area (Å²) in [6, 6.07) is 7.72. The number of benzene rings is 1. The lowest BCUT2D eigenvalue weighted by Crippen LogP contribution is -2.21. The minimum absolute atomic E-state index is 0.151. The van der Waals surface area contributed by atoms with E-state index >= 15 is 0 Å². The highest BCUT2D eigenvalue weighted by molar-refractivity contribution is 6.04. The first-order chi connectivity index (χ1) is 11.3. The van der Waals surface area contributed by atoms with Crippen LogP contribution in [0.15, 0.2) is 39.9 Å². The average molecular weight is 309 g/mol. The molecule has 7 heteroatoms. The summed E-state index contributed by atoms with van der Waals surface area (Å²) < 4.78 is 6.66. The first-order valence-corrected chi connectivity index (χ1v) is 7.53. The fraction of sp³-hybridized carbons (Fsp3) is 0.250. The zero-order valence-corrected chi connectivity index (χ0v) is 12.6. The minimum atomic E-state index is -0.151. The van der Waals surface area contributed by atoms with E-state index in [2.05, 4.69) is 20.1 Å². The van der Waals surface area contributed by atoms with Crippen LogP contribution in [0.4, 0.5) is 0 Å². The fourth-order valence-electron chi connectivity index (χ4n) is 2.68. The Bertz CT molecular complexity index is 1040. The Morgan fingerprint density at radius 3 is 3.04 bits per heavy atom. The van der Waals surface area contributed by atoms with Gasteiger partial charge in [-0.05, 0) is 12.5 Å². The Morgan fingerprint density at radius 2 is 2.17 bits per heavy atom. The van der Waals surface area contributed by atoms with E-state index in [4.69, 9.17) is 4.52 Å². The molecule has 0 unspecified atom stereocenters. The summed E-state index contributed by atoms with van der Waals surface area (Å²) >= 11 is 0. The summed E-state index contributed by atoms with van der Waals surface area (Å²) in [4.78, 5) is 24.5. The largest absolute Gasteiger partial charge is 0.349 e. The lowest BCUT2D eigenvalue weighted by atomic mass is 10.2. The molecule has 0 radical (unpaired) electrons. The van der Waals surface area contributed by atoms with E-state index in [1.807, 2.05) is 31.2 Å². The fourth-order valence-corrected chi connectivity index (χ4v) is 2.68. The van der Waals surface area contributed by atoms with Gasteiger partial charge in [0.05, 0.1) is 6.33 Å². The van der Waals surface area contributed by atoms with Gasteiger partial charge in [0.25, 0.3) is 5.56 Å². The second-order valence-electron chi connectivity index (χ2n) is 5.43. The predicted molar refractivity (Wildman–Crippen MR) is 85.3 cm³/mol. The first-order valence-electron chi connectivity index (χ1n) is 7.53. The number of H-pyrrole nitrogens is 1. The van der Waals surface area contributed by atoms with E-state index in [9.17, 15) is 4.79 Å². The maximum absolute atomic E-state index is 12.6. The van der Waals surface area contributed by atoms with Gasteiger partial charge in [0.15, 0.2) is 5.82 Å². The summed E-state index contributed by atoms with van der Waals surface area (Å²) in [5.74, 6) is 1.07. The van der Waals surface area contributed by atoms with Gasteiger partial charge in [-0.25, -0.2) is 4.98 Å². The standard InChI is InChI=1S/C16H15N5O2/c1-2-5-12-19-13(23-20-12)8-21-9-17-14-10-6-3-4-7-11(10)18-15(14)16(21)22/h3-4,6-7,9,18H,2,5,8H2,1H3. The van der Waals surface area contributed by atoms with Crippen LogP contribution in [0.1, 0.15) is 25.1 Å². The number of nitrogens with one attached hydrogen (secondary N) is 1. The molecule has 0 saturated heterocycles. The molecule has 0 atom stereocenters. The van der Waals surface area contributed by atoms with Gasteiger partial charge in [-0.1, -0.05) is 30.3 Å². The van der Waals surface area contributed by atoms with E-state index < -0.39 is 0 Å². The summed E-state index contributed by atoms with van der Waals surface area (Å²) in [6.45, 7) is 2.27. The molecule has 0 aliphatic heterocycles. The molecule has 1 N–H and O–H groups in total. The topological polar surface area (TPSA) is 89.6 Å². The van der Waals surface area contributed by atoms with Crippen LogP contribution in [0.25, 0.3) is 21.9 Å². The third-order valence-corrected chi connectivity index (χ3v) is 3.77. The highest BCUT2D eigenvalue weighted by Crippen LogP contribution is 2.20. The van der Waals surface area contributed by atoms with Crippen LogP contribution in [0.2, 0.25) is 0 Å². The Kier molecular flexibility index (Phi) is 3.18. The highest BCUT2D eigenvalue weighted by atomic mass is 16.5. The zero-order chi connectivity index (χ0) is 15.8. The number of aromatic amines is 1. The smallest absolute Gasteiger partial charge is 0.278 e. The van der Waals surface area contributed by atoms with Crippen molar-refractivity contribution in [3.8, 4) is 0 Å². The maximum atomic E-state index is 12.6. The van der Waals surface area contributed by atoms with E-state index in [0.29, 0.717) is 22.7 Å². The lowest BCUT2D eigenvalue weighted by molar-refractivity contribution is 0.364. The molecule has 0 bridgehead atoms. The normalized spacial score (nSPS) is 11.5. The number of aromatic nitrogens is 5. The molecule has 23 heavy (non-hydrogen) atoms. The number of fused-ring (bicyclic) bond motifs is 3. The van der Waals surface area contributed by atoms with Gasteiger partial charge >= 0.3 is 0 Å². The molecule has 0 aliphatic rings. The minimum Gasteiger partial charge on any atom is -0.349 e. The van der Waals surface area contributed by atoms with Crippen LogP contribution < -0.4 is 5.56 Å². The molecule has 1 aromatic carbocycles. The van der Waals surface area contributed by atoms with Crippen LogP contribution in [0.5, 0.6) is 0 Å². The molecular weight excluding hydrogens is 294 g/mol. The van der Waals surface area contributed by atoms with E-state index in [1.165, 1.54) is 10.9 Å². The third-order valence-electron chi connectivity index (χ3n) is 3.77. The van der Waals surface area contributed by atoms with Crippen molar-refractivity contribution in [3.63, 3.8) is 0 Å². The molecule has 0 saturated carbocycles. The van der Waals surface area contributed by atoms with Gasteiger partial charge < -0.3 is 9.51 Å². The van der Waals surface area contributed by atoms with Gasteiger partial charge in [0, 0.05) is 17.3 Å². The Hall–Kier alpha value is -2.96. The number of nitrogens with zero attached hydrogens (tertiary/aromatic N) is 4. The van der Waals surface area contributed by atoms with E-state index in [0.717, 1.165) is 23.7 Å². The summed E-state index contributed by atoms with van der Waals surface area (Å²) in [6.07, 6.45) is 3.23. The van der Waals surface area contributed by atoms with Crippen LogP contribution in [-0.2, 0) is 13.0 Å². The number of aryl methyl sites for hydroxylation is 1. The molecule has 4 rings (SSSR count). The van der Waals surface area contributed by atoms with Crippen molar-refractivity contribution in [2.45, 2.75) is 26.3 Å². The van der Waals surface area contributed by atoms with Crippen molar-refractivity contribution in [3.05, 3.63) is 52.7 Å². The SMILES string of the molecule is CCCc1noc(Cn2cnc3c([nH]c4ccccc43)c2=O)n1. The van der Waals surface area contributed by atoms with Crippen molar-refractivity contribution in [2.75, 3.05) is 0 Å². The number of hydrogen-bond donors (Lipinski definition) is 1. The third kappa shape index (κ3) is 2.30. The predicted octanol–water partition coefficient (Wildman–Crippen LogP) is 2.26. The van der Waals surface area contributed by atoms with Crippen molar-refractivity contribution in [2.24, 2.45) is 0 Å². The van der Waals surface area contributed by atoms with Crippen molar-refractivity contribution < 1.29 is 4.52 Å². The molecule has 3 heterocycles. The molecule has 0 fully saturated rings. The molecule has 0 spiro atoms.